The number of ketones is 1. The number of halogens is 2. The summed E-state index contributed by atoms with van der Waals surface area (Å²) in [6.07, 6.45) is 0.516. The van der Waals surface area contributed by atoms with E-state index in [1.54, 1.807) is 31.4 Å². The van der Waals surface area contributed by atoms with Gasteiger partial charge < -0.3 is 14.7 Å². The molecular weight excluding hydrogens is 385 g/mol. The Kier molecular flexibility index (Phi) is 6.11. The predicted octanol–water partition coefficient (Wildman–Crippen LogP) is 3.94. The zero-order valence-corrected chi connectivity index (χ0v) is 15.9. The van der Waals surface area contributed by atoms with Gasteiger partial charge in [-0.25, -0.2) is 4.39 Å². The number of carbonyl (C=O) groups excluding carboxylic acids is 2. The summed E-state index contributed by atoms with van der Waals surface area (Å²) in [4.78, 5) is 26.8. The van der Waals surface area contributed by atoms with Crippen LogP contribution < -0.4 is 0 Å². The second-order valence-corrected chi connectivity index (χ2v) is 6.83. The molecule has 1 heterocycles. The van der Waals surface area contributed by atoms with Crippen LogP contribution >= 0.6 is 11.6 Å². The molecule has 3 rings (SSSR count). The molecule has 28 heavy (non-hydrogen) atoms. The van der Waals surface area contributed by atoms with Crippen LogP contribution in [-0.4, -0.2) is 42.0 Å². The molecule has 0 aromatic heterocycles. The van der Waals surface area contributed by atoms with Gasteiger partial charge in [-0.1, -0.05) is 23.7 Å². The van der Waals surface area contributed by atoms with Gasteiger partial charge >= 0.3 is 0 Å². The van der Waals surface area contributed by atoms with Crippen LogP contribution in [0.4, 0.5) is 4.39 Å². The van der Waals surface area contributed by atoms with Crippen molar-refractivity contribution in [2.75, 3.05) is 20.3 Å². The standard InChI is InChI=1S/C21H19ClFNO4/c1-28-12-2-11-24-18(13-5-9-16(23)10-6-13)17(20(26)21(24)27)19(25)14-3-7-15(22)8-4-14/h3-10,18,25H,2,11-12H2,1H3/b19-17+. The Morgan fingerprint density at radius 3 is 2.39 bits per heavy atom. The molecule has 146 valence electrons. The summed E-state index contributed by atoms with van der Waals surface area (Å²) in [5.41, 5.74) is 0.872. The van der Waals surface area contributed by atoms with Crippen LogP contribution in [0.5, 0.6) is 0 Å². The van der Waals surface area contributed by atoms with Crippen LogP contribution in [0, 0.1) is 5.82 Å². The molecule has 1 N–H and O–H groups in total. The van der Waals surface area contributed by atoms with E-state index in [0.717, 1.165) is 0 Å². The fourth-order valence-corrected chi connectivity index (χ4v) is 3.37. The number of Topliss-reactive ketones (excluding diaryl/α,β-unsaturated/α-hetero) is 1. The summed E-state index contributed by atoms with van der Waals surface area (Å²) in [6.45, 7) is 0.675. The highest BCUT2D eigenvalue weighted by Gasteiger charge is 2.45. The smallest absolute Gasteiger partial charge is 0.295 e. The van der Waals surface area contributed by atoms with Crippen LogP contribution in [0.2, 0.25) is 5.02 Å². The summed E-state index contributed by atoms with van der Waals surface area (Å²) < 4.78 is 18.4. The maximum absolute atomic E-state index is 13.4. The zero-order chi connectivity index (χ0) is 20.3. The third-order valence-corrected chi connectivity index (χ3v) is 4.84. The molecule has 1 amide bonds. The number of hydrogen-bond acceptors (Lipinski definition) is 4. The average molecular weight is 404 g/mol. The Morgan fingerprint density at radius 2 is 1.79 bits per heavy atom. The second kappa shape index (κ2) is 8.54. The van der Waals surface area contributed by atoms with E-state index in [9.17, 15) is 19.1 Å². The number of aliphatic hydroxyl groups excluding tert-OH is 1. The molecule has 1 aliphatic rings. The van der Waals surface area contributed by atoms with E-state index in [-0.39, 0.29) is 17.9 Å². The van der Waals surface area contributed by atoms with Crippen molar-refractivity contribution in [2.24, 2.45) is 0 Å². The quantitative estimate of drug-likeness (QED) is 0.343. The molecule has 1 fully saturated rings. The van der Waals surface area contributed by atoms with E-state index in [2.05, 4.69) is 0 Å². The molecule has 1 atom stereocenters. The van der Waals surface area contributed by atoms with Crippen LogP contribution in [-0.2, 0) is 14.3 Å². The Bertz CT molecular complexity index is 909. The van der Waals surface area contributed by atoms with Gasteiger partial charge in [0.2, 0.25) is 0 Å². The molecule has 1 saturated heterocycles. The van der Waals surface area contributed by atoms with E-state index in [4.69, 9.17) is 16.3 Å². The minimum absolute atomic E-state index is 0.0312. The number of amides is 1. The molecule has 0 aliphatic carbocycles. The summed E-state index contributed by atoms with van der Waals surface area (Å²) in [5.74, 6) is -2.21. The summed E-state index contributed by atoms with van der Waals surface area (Å²) in [7, 11) is 1.55. The third-order valence-electron chi connectivity index (χ3n) is 4.59. The van der Waals surface area contributed by atoms with E-state index >= 15 is 0 Å². The Labute approximate surface area is 167 Å². The van der Waals surface area contributed by atoms with Gasteiger partial charge in [-0.3, -0.25) is 9.59 Å². The molecule has 7 heteroatoms. The monoisotopic (exact) mass is 403 g/mol. The molecule has 2 aromatic rings. The first-order chi connectivity index (χ1) is 13.4. The molecule has 0 bridgehead atoms. The largest absolute Gasteiger partial charge is 0.507 e. The molecule has 0 radical (unpaired) electrons. The van der Waals surface area contributed by atoms with E-state index < -0.39 is 23.5 Å². The van der Waals surface area contributed by atoms with Gasteiger partial charge in [-0.15, -0.1) is 0 Å². The van der Waals surface area contributed by atoms with Crippen molar-refractivity contribution < 1.29 is 23.8 Å². The highest BCUT2D eigenvalue weighted by Crippen LogP contribution is 2.39. The lowest BCUT2D eigenvalue weighted by Gasteiger charge is -2.25. The Morgan fingerprint density at radius 1 is 1.14 bits per heavy atom. The number of aliphatic hydroxyl groups is 1. The molecular formula is C21H19ClFNO4. The number of nitrogens with zero attached hydrogens (tertiary/aromatic N) is 1. The maximum Gasteiger partial charge on any atom is 0.295 e. The van der Waals surface area contributed by atoms with Crippen LogP contribution in [0.25, 0.3) is 5.76 Å². The summed E-state index contributed by atoms with van der Waals surface area (Å²) in [5, 5.41) is 11.3. The van der Waals surface area contributed by atoms with Crippen molar-refractivity contribution in [3.63, 3.8) is 0 Å². The predicted molar refractivity (Wildman–Crippen MR) is 103 cm³/mol. The number of carbonyl (C=O) groups is 2. The topological polar surface area (TPSA) is 66.8 Å². The summed E-state index contributed by atoms with van der Waals surface area (Å²) >= 11 is 5.89. The van der Waals surface area contributed by atoms with Gasteiger partial charge in [-0.05, 0) is 48.4 Å². The number of ether oxygens (including phenoxy) is 1. The highest BCUT2D eigenvalue weighted by atomic mass is 35.5. The minimum Gasteiger partial charge on any atom is -0.507 e. The number of likely N-dealkylation sites (tertiary alicyclic amines) is 1. The van der Waals surface area contributed by atoms with Crippen molar-refractivity contribution in [1.29, 1.82) is 0 Å². The first-order valence-electron chi connectivity index (χ1n) is 8.72. The lowest BCUT2D eigenvalue weighted by atomic mass is 9.95. The van der Waals surface area contributed by atoms with Gasteiger partial charge in [0, 0.05) is 30.8 Å². The van der Waals surface area contributed by atoms with Gasteiger partial charge in [0.05, 0.1) is 11.6 Å². The average Bonchev–Trinajstić information content (AvgIpc) is 2.94. The number of benzene rings is 2. The molecule has 0 spiro atoms. The zero-order valence-electron chi connectivity index (χ0n) is 15.2. The van der Waals surface area contributed by atoms with E-state index in [1.807, 2.05) is 0 Å². The Balaban J connectivity index is 2.10. The molecule has 0 saturated carbocycles. The molecule has 1 unspecified atom stereocenters. The van der Waals surface area contributed by atoms with E-state index in [0.29, 0.717) is 29.2 Å². The Hall–Kier alpha value is -2.70. The molecule has 1 aliphatic heterocycles. The van der Waals surface area contributed by atoms with Crippen molar-refractivity contribution in [1.82, 2.24) is 4.90 Å². The van der Waals surface area contributed by atoms with Gasteiger partial charge in [0.25, 0.3) is 11.7 Å². The fourth-order valence-electron chi connectivity index (χ4n) is 3.24. The van der Waals surface area contributed by atoms with Gasteiger partial charge in [0.15, 0.2) is 0 Å². The molecule has 2 aromatic carbocycles. The van der Waals surface area contributed by atoms with Gasteiger partial charge in [0.1, 0.15) is 11.6 Å². The number of methoxy groups -OCH3 is 1. The highest BCUT2D eigenvalue weighted by molar-refractivity contribution is 6.46. The first kappa shape index (κ1) is 20.0. The summed E-state index contributed by atoms with van der Waals surface area (Å²) in [6, 6.07) is 11.0. The van der Waals surface area contributed by atoms with E-state index in [1.165, 1.54) is 29.2 Å². The third kappa shape index (κ3) is 3.93. The number of hydrogen-bond donors (Lipinski definition) is 1. The fraction of sp³-hybridized carbons (Fsp3) is 0.238. The van der Waals surface area contributed by atoms with Crippen LogP contribution in [0.3, 0.4) is 0 Å². The number of rotatable bonds is 6. The van der Waals surface area contributed by atoms with Crippen molar-refractivity contribution in [2.45, 2.75) is 12.5 Å². The minimum atomic E-state index is -0.812. The normalized spacial score (nSPS) is 18.7. The lowest BCUT2D eigenvalue weighted by Crippen LogP contribution is -2.31. The second-order valence-electron chi connectivity index (χ2n) is 6.40. The maximum atomic E-state index is 13.4. The van der Waals surface area contributed by atoms with Crippen molar-refractivity contribution >= 4 is 29.1 Å². The first-order valence-corrected chi connectivity index (χ1v) is 9.10. The van der Waals surface area contributed by atoms with Crippen LogP contribution in [0.1, 0.15) is 23.6 Å². The lowest BCUT2D eigenvalue weighted by molar-refractivity contribution is -0.140. The van der Waals surface area contributed by atoms with Gasteiger partial charge in [-0.2, -0.15) is 0 Å². The van der Waals surface area contributed by atoms with Crippen molar-refractivity contribution in [3.8, 4) is 0 Å². The van der Waals surface area contributed by atoms with Crippen LogP contribution in [0.15, 0.2) is 54.1 Å². The van der Waals surface area contributed by atoms with Crippen molar-refractivity contribution in [3.05, 3.63) is 76.1 Å². The SMILES string of the molecule is COCCCN1C(=O)C(=O)/C(=C(/O)c2ccc(Cl)cc2)C1c1ccc(F)cc1. The molecule has 5 nitrogen and oxygen atoms in total.